The first-order chi connectivity index (χ1) is 6.85. The summed E-state index contributed by atoms with van der Waals surface area (Å²) in [6.07, 6.45) is 13.9. The van der Waals surface area contributed by atoms with Gasteiger partial charge in [0.25, 0.3) is 0 Å². The largest absolute Gasteiger partial charge is 0.381 e. The molecule has 84 valence electrons. The van der Waals surface area contributed by atoms with E-state index in [0.29, 0.717) is 6.10 Å². The number of ether oxygens (including phenoxy) is 1. The lowest BCUT2D eigenvalue weighted by Crippen LogP contribution is -2.08. The average Bonchev–Trinajstić information content (AvgIpc) is 2.22. The van der Waals surface area contributed by atoms with E-state index in [1.165, 1.54) is 38.5 Å². The molecule has 0 spiro atoms. The molecular formula is C13H26O. The SMILES string of the molecule is CC=CCCCCCCC(CC)OC. The molecule has 0 saturated carbocycles. The highest BCUT2D eigenvalue weighted by atomic mass is 16.5. The van der Waals surface area contributed by atoms with Gasteiger partial charge in [0.1, 0.15) is 0 Å². The Morgan fingerprint density at radius 1 is 1.14 bits per heavy atom. The van der Waals surface area contributed by atoms with Crippen LogP contribution in [0.15, 0.2) is 12.2 Å². The number of methoxy groups -OCH3 is 1. The van der Waals surface area contributed by atoms with Crippen LogP contribution in [0, 0.1) is 0 Å². The van der Waals surface area contributed by atoms with Crippen LogP contribution in [-0.2, 0) is 4.74 Å². The summed E-state index contributed by atoms with van der Waals surface area (Å²) in [4.78, 5) is 0. The molecule has 0 amide bonds. The fourth-order valence-electron chi connectivity index (χ4n) is 1.64. The van der Waals surface area contributed by atoms with Gasteiger partial charge in [0.05, 0.1) is 6.10 Å². The summed E-state index contributed by atoms with van der Waals surface area (Å²) in [7, 11) is 1.82. The summed E-state index contributed by atoms with van der Waals surface area (Å²) < 4.78 is 5.33. The van der Waals surface area contributed by atoms with Crippen molar-refractivity contribution in [1.82, 2.24) is 0 Å². The predicted octanol–water partition coefficient (Wildman–Crippen LogP) is 4.33. The van der Waals surface area contributed by atoms with Crippen LogP contribution in [0.3, 0.4) is 0 Å². The fourth-order valence-corrected chi connectivity index (χ4v) is 1.64. The molecular weight excluding hydrogens is 172 g/mol. The molecule has 0 bridgehead atoms. The highest BCUT2D eigenvalue weighted by Gasteiger charge is 2.02. The Hall–Kier alpha value is -0.300. The highest BCUT2D eigenvalue weighted by Crippen LogP contribution is 2.11. The van der Waals surface area contributed by atoms with Crippen molar-refractivity contribution in [3.63, 3.8) is 0 Å². The summed E-state index contributed by atoms with van der Waals surface area (Å²) in [5.74, 6) is 0. The molecule has 1 nitrogen and oxygen atoms in total. The molecule has 1 heteroatoms. The van der Waals surface area contributed by atoms with E-state index in [4.69, 9.17) is 4.74 Å². The van der Waals surface area contributed by atoms with Gasteiger partial charge in [-0.05, 0) is 32.6 Å². The zero-order valence-electron chi connectivity index (χ0n) is 10.1. The molecule has 0 radical (unpaired) electrons. The molecule has 0 aromatic carbocycles. The first-order valence-electron chi connectivity index (χ1n) is 5.99. The fraction of sp³-hybridized carbons (Fsp3) is 0.846. The predicted molar refractivity (Wildman–Crippen MR) is 63.6 cm³/mol. The van der Waals surface area contributed by atoms with Gasteiger partial charge < -0.3 is 4.74 Å². The summed E-state index contributed by atoms with van der Waals surface area (Å²) in [6.45, 7) is 4.28. The minimum atomic E-state index is 0.491. The zero-order valence-corrected chi connectivity index (χ0v) is 10.1. The number of unbranched alkanes of at least 4 members (excludes halogenated alkanes) is 4. The average molecular weight is 198 g/mol. The molecule has 0 N–H and O–H groups in total. The maximum Gasteiger partial charge on any atom is 0.0568 e. The Labute approximate surface area is 89.5 Å². The minimum Gasteiger partial charge on any atom is -0.381 e. The molecule has 0 fully saturated rings. The summed E-state index contributed by atoms with van der Waals surface area (Å²) in [5, 5.41) is 0. The van der Waals surface area contributed by atoms with Gasteiger partial charge in [0.2, 0.25) is 0 Å². The van der Waals surface area contributed by atoms with Gasteiger partial charge in [-0.25, -0.2) is 0 Å². The molecule has 0 heterocycles. The van der Waals surface area contributed by atoms with Gasteiger partial charge in [-0.1, -0.05) is 38.3 Å². The highest BCUT2D eigenvalue weighted by molar-refractivity contribution is 4.76. The normalized spacial score (nSPS) is 13.6. The Balaban J connectivity index is 3.12. The van der Waals surface area contributed by atoms with Gasteiger partial charge in [-0.2, -0.15) is 0 Å². The third kappa shape index (κ3) is 8.31. The van der Waals surface area contributed by atoms with Gasteiger partial charge in [0, 0.05) is 7.11 Å². The molecule has 0 rings (SSSR count). The van der Waals surface area contributed by atoms with Crippen molar-refractivity contribution in [3.8, 4) is 0 Å². The Morgan fingerprint density at radius 3 is 2.43 bits per heavy atom. The second-order valence-corrected chi connectivity index (χ2v) is 3.83. The molecule has 0 saturated heterocycles. The molecule has 0 aromatic rings. The van der Waals surface area contributed by atoms with Crippen LogP contribution < -0.4 is 0 Å². The topological polar surface area (TPSA) is 9.23 Å². The minimum absolute atomic E-state index is 0.491. The lowest BCUT2D eigenvalue weighted by atomic mass is 10.1. The lowest BCUT2D eigenvalue weighted by Gasteiger charge is -2.11. The Kier molecular flexibility index (Phi) is 10.5. The van der Waals surface area contributed by atoms with Crippen LogP contribution in [0.1, 0.15) is 58.8 Å². The first-order valence-corrected chi connectivity index (χ1v) is 5.99. The van der Waals surface area contributed by atoms with Crippen molar-refractivity contribution in [1.29, 1.82) is 0 Å². The van der Waals surface area contributed by atoms with E-state index in [1.807, 2.05) is 7.11 Å². The number of hydrogen-bond donors (Lipinski definition) is 0. The van der Waals surface area contributed by atoms with E-state index >= 15 is 0 Å². The summed E-state index contributed by atoms with van der Waals surface area (Å²) >= 11 is 0. The molecule has 1 atom stereocenters. The maximum absolute atomic E-state index is 5.33. The lowest BCUT2D eigenvalue weighted by molar-refractivity contribution is 0.0897. The van der Waals surface area contributed by atoms with E-state index in [-0.39, 0.29) is 0 Å². The third-order valence-electron chi connectivity index (χ3n) is 2.67. The second kappa shape index (κ2) is 10.8. The molecule has 14 heavy (non-hydrogen) atoms. The smallest absolute Gasteiger partial charge is 0.0568 e. The monoisotopic (exact) mass is 198 g/mol. The van der Waals surface area contributed by atoms with Crippen LogP contribution in [0.2, 0.25) is 0 Å². The van der Waals surface area contributed by atoms with Crippen molar-refractivity contribution in [2.45, 2.75) is 64.9 Å². The van der Waals surface area contributed by atoms with E-state index in [0.717, 1.165) is 6.42 Å². The van der Waals surface area contributed by atoms with Crippen molar-refractivity contribution in [2.75, 3.05) is 7.11 Å². The number of rotatable bonds is 9. The van der Waals surface area contributed by atoms with Crippen LogP contribution in [-0.4, -0.2) is 13.2 Å². The summed E-state index contributed by atoms with van der Waals surface area (Å²) in [6, 6.07) is 0. The van der Waals surface area contributed by atoms with E-state index in [1.54, 1.807) is 0 Å². The van der Waals surface area contributed by atoms with Crippen LogP contribution in [0.5, 0.6) is 0 Å². The zero-order chi connectivity index (χ0) is 10.6. The van der Waals surface area contributed by atoms with Crippen molar-refractivity contribution in [2.24, 2.45) is 0 Å². The van der Waals surface area contributed by atoms with Crippen molar-refractivity contribution >= 4 is 0 Å². The first kappa shape index (κ1) is 13.7. The molecule has 0 aliphatic rings. The standard InChI is InChI=1S/C13H26O/c1-4-6-7-8-9-10-11-12-13(5-2)14-3/h4,6,13H,5,7-12H2,1-3H3. The maximum atomic E-state index is 5.33. The quantitative estimate of drug-likeness (QED) is 0.396. The Bertz CT molecular complexity index is 125. The van der Waals surface area contributed by atoms with Crippen LogP contribution in [0.4, 0.5) is 0 Å². The van der Waals surface area contributed by atoms with E-state index in [2.05, 4.69) is 26.0 Å². The van der Waals surface area contributed by atoms with E-state index < -0.39 is 0 Å². The van der Waals surface area contributed by atoms with Gasteiger partial charge >= 0.3 is 0 Å². The van der Waals surface area contributed by atoms with E-state index in [9.17, 15) is 0 Å². The molecule has 0 aromatic heterocycles. The molecule has 1 unspecified atom stereocenters. The van der Waals surface area contributed by atoms with Crippen LogP contribution >= 0.6 is 0 Å². The van der Waals surface area contributed by atoms with Crippen molar-refractivity contribution in [3.05, 3.63) is 12.2 Å². The summed E-state index contributed by atoms with van der Waals surface area (Å²) in [5.41, 5.74) is 0. The van der Waals surface area contributed by atoms with Crippen molar-refractivity contribution < 1.29 is 4.74 Å². The second-order valence-electron chi connectivity index (χ2n) is 3.83. The number of allylic oxidation sites excluding steroid dienone is 2. The Morgan fingerprint density at radius 2 is 1.86 bits per heavy atom. The van der Waals surface area contributed by atoms with Gasteiger partial charge in [0.15, 0.2) is 0 Å². The third-order valence-corrected chi connectivity index (χ3v) is 2.67. The van der Waals surface area contributed by atoms with Gasteiger partial charge in [-0.3, -0.25) is 0 Å². The molecule has 0 aliphatic carbocycles. The molecule has 0 aliphatic heterocycles. The van der Waals surface area contributed by atoms with Crippen LogP contribution in [0.25, 0.3) is 0 Å². The number of hydrogen-bond acceptors (Lipinski definition) is 1. The van der Waals surface area contributed by atoms with Gasteiger partial charge in [-0.15, -0.1) is 0 Å².